The number of thioether (sulfide) groups is 1. The minimum atomic E-state index is 0.165. The van der Waals surface area contributed by atoms with Gasteiger partial charge in [-0.25, -0.2) is 0 Å². The predicted molar refractivity (Wildman–Crippen MR) is 85.2 cm³/mol. The van der Waals surface area contributed by atoms with Gasteiger partial charge in [-0.3, -0.25) is 4.79 Å². The fraction of sp³-hybridized carbons (Fsp3) is 0.467. The molecule has 1 aromatic heterocycles. The van der Waals surface area contributed by atoms with Crippen LogP contribution in [-0.2, 0) is 4.79 Å². The molecule has 22 heavy (non-hydrogen) atoms. The summed E-state index contributed by atoms with van der Waals surface area (Å²) in [6, 6.07) is 6.04. The summed E-state index contributed by atoms with van der Waals surface area (Å²) < 4.78 is 1.71. The number of hydrogen-bond acceptors (Lipinski definition) is 5. The molecule has 1 aliphatic rings. The molecule has 0 radical (unpaired) electrons. The van der Waals surface area contributed by atoms with Crippen molar-refractivity contribution in [2.24, 2.45) is 0 Å². The Morgan fingerprint density at radius 2 is 2.05 bits per heavy atom. The van der Waals surface area contributed by atoms with Gasteiger partial charge in [0.25, 0.3) is 0 Å². The number of aryl methyl sites for hydroxylation is 1. The molecule has 1 saturated heterocycles. The second kappa shape index (κ2) is 6.48. The van der Waals surface area contributed by atoms with Crippen molar-refractivity contribution in [3.8, 4) is 5.69 Å². The van der Waals surface area contributed by atoms with Crippen LogP contribution >= 0.6 is 11.8 Å². The first-order valence-corrected chi connectivity index (χ1v) is 8.41. The van der Waals surface area contributed by atoms with Crippen LogP contribution < -0.4 is 0 Å². The molecule has 7 heteroatoms. The number of tetrazole rings is 1. The average Bonchev–Trinajstić information content (AvgIpc) is 3.18. The van der Waals surface area contributed by atoms with E-state index in [1.54, 1.807) is 4.68 Å². The fourth-order valence-corrected chi connectivity index (χ4v) is 3.36. The molecule has 116 valence electrons. The van der Waals surface area contributed by atoms with Crippen LogP contribution in [0.3, 0.4) is 0 Å². The van der Waals surface area contributed by atoms with Crippen molar-refractivity contribution in [3.63, 3.8) is 0 Å². The van der Waals surface area contributed by atoms with E-state index in [4.69, 9.17) is 0 Å². The molecule has 0 bridgehead atoms. The molecule has 1 amide bonds. The van der Waals surface area contributed by atoms with E-state index in [9.17, 15) is 4.79 Å². The summed E-state index contributed by atoms with van der Waals surface area (Å²) in [6.07, 6.45) is 2.22. The highest BCUT2D eigenvalue weighted by molar-refractivity contribution is 7.99. The van der Waals surface area contributed by atoms with Gasteiger partial charge in [0.1, 0.15) is 0 Å². The van der Waals surface area contributed by atoms with Crippen molar-refractivity contribution in [2.75, 3.05) is 18.8 Å². The van der Waals surface area contributed by atoms with E-state index in [0.29, 0.717) is 10.9 Å². The molecule has 0 aliphatic carbocycles. The van der Waals surface area contributed by atoms with E-state index >= 15 is 0 Å². The van der Waals surface area contributed by atoms with Crippen LogP contribution in [0, 0.1) is 13.8 Å². The molecule has 3 rings (SSSR count). The lowest BCUT2D eigenvalue weighted by Crippen LogP contribution is -2.29. The van der Waals surface area contributed by atoms with Gasteiger partial charge in [0.05, 0.1) is 11.4 Å². The molecule has 1 fully saturated rings. The zero-order valence-electron chi connectivity index (χ0n) is 12.8. The Bertz CT molecular complexity index is 678. The molecule has 6 nitrogen and oxygen atoms in total. The molecule has 1 aliphatic heterocycles. The van der Waals surface area contributed by atoms with Crippen LogP contribution in [0.15, 0.2) is 23.4 Å². The minimum Gasteiger partial charge on any atom is -0.342 e. The number of benzene rings is 1. The third-order valence-corrected chi connectivity index (χ3v) is 4.93. The standard InChI is InChI=1S/C15H19N5OS/c1-11-6-5-7-13(12(11)2)20-15(16-17-18-20)22-10-14(21)19-8-3-4-9-19/h5-7H,3-4,8-10H2,1-2H3. The van der Waals surface area contributed by atoms with Crippen LogP contribution in [0.4, 0.5) is 0 Å². The summed E-state index contributed by atoms with van der Waals surface area (Å²) in [5.74, 6) is 0.545. The summed E-state index contributed by atoms with van der Waals surface area (Å²) >= 11 is 1.39. The first-order chi connectivity index (χ1) is 10.7. The van der Waals surface area contributed by atoms with Gasteiger partial charge in [0.2, 0.25) is 11.1 Å². The van der Waals surface area contributed by atoms with E-state index in [1.807, 2.05) is 17.0 Å². The van der Waals surface area contributed by atoms with Gasteiger partial charge in [-0.2, -0.15) is 4.68 Å². The lowest BCUT2D eigenvalue weighted by molar-refractivity contribution is -0.127. The third kappa shape index (κ3) is 2.99. The third-order valence-electron chi connectivity index (χ3n) is 4.03. The van der Waals surface area contributed by atoms with E-state index in [-0.39, 0.29) is 5.91 Å². The van der Waals surface area contributed by atoms with Crippen LogP contribution in [-0.4, -0.2) is 49.9 Å². The molecule has 0 atom stereocenters. The molecule has 0 saturated carbocycles. The number of hydrogen-bond donors (Lipinski definition) is 0. The van der Waals surface area contributed by atoms with E-state index < -0.39 is 0 Å². The van der Waals surface area contributed by atoms with Crippen molar-refractivity contribution in [3.05, 3.63) is 29.3 Å². The molecule has 0 unspecified atom stereocenters. The Balaban J connectivity index is 1.75. The normalized spacial score (nSPS) is 14.5. The van der Waals surface area contributed by atoms with Gasteiger partial charge >= 0.3 is 0 Å². The van der Waals surface area contributed by atoms with Crippen LogP contribution in [0.5, 0.6) is 0 Å². The molecule has 2 aromatic rings. The maximum Gasteiger partial charge on any atom is 0.233 e. The van der Waals surface area contributed by atoms with Crippen molar-refractivity contribution in [2.45, 2.75) is 31.8 Å². The summed E-state index contributed by atoms with van der Waals surface area (Å²) in [5.41, 5.74) is 3.29. The fourth-order valence-electron chi connectivity index (χ4n) is 2.57. The van der Waals surface area contributed by atoms with Gasteiger partial charge in [0, 0.05) is 13.1 Å². The lowest BCUT2D eigenvalue weighted by atomic mass is 10.1. The average molecular weight is 317 g/mol. The highest BCUT2D eigenvalue weighted by atomic mass is 32.2. The number of aromatic nitrogens is 4. The van der Waals surface area contributed by atoms with Crippen molar-refractivity contribution in [1.82, 2.24) is 25.1 Å². The van der Waals surface area contributed by atoms with Gasteiger partial charge in [0.15, 0.2) is 0 Å². The van der Waals surface area contributed by atoms with Crippen molar-refractivity contribution in [1.29, 1.82) is 0 Å². The number of nitrogens with zero attached hydrogens (tertiary/aromatic N) is 5. The Morgan fingerprint density at radius 1 is 1.27 bits per heavy atom. The molecule has 1 aromatic carbocycles. The number of carbonyl (C=O) groups excluding carboxylic acids is 1. The first-order valence-electron chi connectivity index (χ1n) is 7.42. The molecular formula is C15H19N5OS. The largest absolute Gasteiger partial charge is 0.342 e. The smallest absolute Gasteiger partial charge is 0.233 e. The Morgan fingerprint density at radius 3 is 2.82 bits per heavy atom. The molecule has 0 spiro atoms. The van der Waals surface area contributed by atoms with Crippen LogP contribution in [0.25, 0.3) is 5.69 Å². The highest BCUT2D eigenvalue weighted by Crippen LogP contribution is 2.23. The number of likely N-dealkylation sites (tertiary alicyclic amines) is 1. The quantitative estimate of drug-likeness (QED) is 0.807. The minimum absolute atomic E-state index is 0.165. The van der Waals surface area contributed by atoms with Crippen LogP contribution in [0.1, 0.15) is 24.0 Å². The Labute approximate surface area is 133 Å². The SMILES string of the molecule is Cc1cccc(-n2nnnc2SCC(=O)N2CCCC2)c1C. The monoisotopic (exact) mass is 317 g/mol. The van der Waals surface area contributed by atoms with Crippen LogP contribution in [0.2, 0.25) is 0 Å². The summed E-state index contributed by atoms with van der Waals surface area (Å²) in [5, 5.41) is 12.5. The van der Waals surface area contributed by atoms with Gasteiger partial charge < -0.3 is 4.90 Å². The Kier molecular flexibility index (Phi) is 4.42. The van der Waals surface area contributed by atoms with Gasteiger partial charge in [-0.05, 0) is 54.3 Å². The van der Waals surface area contributed by atoms with E-state index in [0.717, 1.165) is 37.2 Å². The first kappa shape index (κ1) is 15.0. The lowest BCUT2D eigenvalue weighted by Gasteiger charge is -2.14. The number of amides is 1. The van der Waals surface area contributed by atoms with E-state index in [2.05, 4.69) is 35.4 Å². The topological polar surface area (TPSA) is 63.9 Å². The molecule has 0 N–H and O–H groups in total. The summed E-state index contributed by atoms with van der Waals surface area (Å²) in [4.78, 5) is 14.1. The second-order valence-corrected chi connectivity index (χ2v) is 6.41. The van der Waals surface area contributed by atoms with E-state index in [1.165, 1.54) is 17.3 Å². The van der Waals surface area contributed by atoms with Gasteiger partial charge in [-0.15, -0.1) is 5.10 Å². The maximum absolute atomic E-state index is 12.1. The number of rotatable bonds is 4. The summed E-state index contributed by atoms with van der Waals surface area (Å²) in [7, 11) is 0. The van der Waals surface area contributed by atoms with Crippen molar-refractivity contribution < 1.29 is 4.79 Å². The molecular weight excluding hydrogens is 298 g/mol. The predicted octanol–water partition coefficient (Wildman–Crippen LogP) is 1.99. The second-order valence-electron chi connectivity index (χ2n) is 5.47. The zero-order chi connectivity index (χ0) is 15.5. The highest BCUT2D eigenvalue weighted by Gasteiger charge is 2.19. The maximum atomic E-state index is 12.1. The van der Waals surface area contributed by atoms with Gasteiger partial charge in [-0.1, -0.05) is 23.9 Å². The molecule has 2 heterocycles. The summed E-state index contributed by atoms with van der Waals surface area (Å²) in [6.45, 7) is 5.87. The Hall–Kier alpha value is -1.89. The zero-order valence-corrected chi connectivity index (χ0v) is 13.6. The number of carbonyl (C=O) groups is 1. The van der Waals surface area contributed by atoms with Crippen molar-refractivity contribution >= 4 is 17.7 Å².